The molecule has 0 bridgehead atoms. The number of sulfone groups is 1. The quantitative estimate of drug-likeness (QED) is 0.365. The highest BCUT2D eigenvalue weighted by Gasteiger charge is 2.79. The zero-order valence-electron chi connectivity index (χ0n) is 14.3. The summed E-state index contributed by atoms with van der Waals surface area (Å²) in [7, 11) is -3.98. The van der Waals surface area contributed by atoms with Crippen molar-refractivity contribution in [2.24, 2.45) is 17.6 Å². The van der Waals surface area contributed by atoms with Crippen LogP contribution in [0.5, 0.6) is 5.75 Å². The molecule has 2 aliphatic rings. The number of hydrogen-bond acceptors (Lipinski definition) is 7. The van der Waals surface area contributed by atoms with Gasteiger partial charge in [-0.15, -0.1) is 12.4 Å². The number of nitrogens with two attached hydrogens (primary N) is 1. The molecule has 1 aliphatic carbocycles. The Kier molecular flexibility index (Phi) is 5.66. The zero-order valence-corrected chi connectivity index (χ0v) is 15.9. The molecule has 0 aromatic heterocycles. The van der Waals surface area contributed by atoms with Crippen LogP contribution in [0.15, 0.2) is 24.3 Å². The molecular weight excluding hydrogens is 416 g/mol. The second-order valence-electron chi connectivity index (χ2n) is 6.90. The van der Waals surface area contributed by atoms with Gasteiger partial charge in [0, 0.05) is 5.92 Å². The molecule has 1 heterocycles. The van der Waals surface area contributed by atoms with Gasteiger partial charge >= 0.3 is 11.9 Å². The van der Waals surface area contributed by atoms with Crippen molar-refractivity contribution >= 4 is 40.1 Å². The minimum Gasteiger partial charge on any atom is -0.508 e. The van der Waals surface area contributed by atoms with Gasteiger partial charge in [-0.05, 0) is 24.1 Å². The van der Waals surface area contributed by atoms with E-state index in [2.05, 4.69) is 5.32 Å². The summed E-state index contributed by atoms with van der Waals surface area (Å²) >= 11 is 0. The zero-order chi connectivity index (χ0) is 20.1. The van der Waals surface area contributed by atoms with Crippen molar-refractivity contribution in [3.8, 4) is 5.75 Å². The molecule has 12 heteroatoms. The summed E-state index contributed by atoms with van der Waals surface area (Å²) in [4.78, 5) is 35.5. The van der Waals surface area contributed by atoms with E-state index in [0.717, 1.165) is 0 Å². The van der Waals surface area contributed by atoms with Crippen molar-refractivity contribution in [2.45, 2.75) is 23.3 Å². The Balaban J connectivity index is 0.00000280. The maximum Gasteiger partial charge on any atom is 0.330 e. The molecular formula is C16H19ClN2O8S. The van der Waals surface area contributed by atoms with Crippen molar-refractivity contribution in [2.75, 3.05) is 5.75 Å². The predicted molar refractivity (Wildman–Crippen MR) is 97.7 cm³/mol. The normalized spacial score (nSPS) is 30.4. The van der Waals surface area contributed by atoms with Crippen molar-refractivity contribution in [1.29, 1.82) is 0 Å². The molecule has 2 fully saturated rings. The minimum absolute atomic E-state index is 0. The topological polar surface area (TPSA) is 184 Å². The van der Waals surface area contributed by atoms with E-state index < -0.39 is 62.1 Å². The number of halogens is 1. The van der Waals surface area contributed by atoms with Crippen LogP contribution in [0.25, 0.3) is 0 Å². The second-order valence-corrected chi connectivity index (χ2v) is 9.06. The largest absolute Gasteiger partial charge is 0.508 e. The summed E-state index contributed by atoms with van der Waals surface area (Å²) in [5.41, 5.74) is 4.20. The molecule has 5 atom stereocenters. The number of aliphatic carboxylic acids is 2. The number of carboxylic acid groups (broad SMARTS) is 2. The third-order valence-corrected chi connectivity index (χ3v) is 7.38. The molecule has 0 spiro atoms. The van der Waals surface area contributed by atoms with Crippen molar-refractivity contribution in [1.82, 2.24) is 5.32 Å². The van der Waals surface area contributed by atoms with Crippen LogP contribution in [0.1, 0.15) is 5.56 Å². The van der Waals surface area contributed by atoms with E-state index in [1.54, 1.807) is 0 Å². The number of hydrogen-bond donors (Lipinski definition) is 5. The minimum atomic E-state index is -3.98. The van der Waals surface area contributed by atoms with Crippen LogP contribution in [0.4, 0.5) is 0 Å². The van der Waals surface area contributed by atoms with Gasteiger partial charge in [0.25, 0.3) is 0 Å². The first-order valence-corrected chi connectivity index (χ1v) is 9.74. The number of benzene rings is 1. The average Bonchev–Trinajstić information content (AvgIpc) is 3.28. The third-order valence-electron chi connectivity index (χ3n) is 5.11. The van der Waals surface area contributed by atoms with E-state index in [1.165, 1.54) is 24.3 Å². The Hall–Kier alpha value is -2.37. The number of carbonyl (C=O) groups excluding carboxylic acids is 1. The number of carboxylic acids is 2. The summed E-state index contributed by atoms with van der Waals surface area (Å²) in [6, 6.07) is 4.68. The lowest BCUT2D eigenvalue weighted by atomic mass is 9.93. The summed E-state index contributed by atoms with van der Waals surface area (Å²) < 4.78 is 24.4. The van der Waals surface area contributed by atoms with Crippen LogP contribution in [0, 0.1) is 11.8 Å². The van der Waals surface area contributed by atoms with Gasteiger partial charge < -0.3 is 26.4 Å². The second kappa shape index (κ2) is 7.22. The molecule has 1 aliphatic heterocycles. The molecule has 3 rings (SSSR count). The number of phenols is 1. The van der Waals surface area contributed by atoms with E-state index >= 15 is 0 Å². The lowest BCUT2D eigenvalue weighted by molar-refractivity contribution is -0.148. The number of rotatable bonds is 6. The van der Waals surface area contributed by atoms with E-state index in [-0.39, 0.29) is 24.6 Å². The molecule has 1 saturated heterocycles. The van der Waals surface area contributed by atoms with Crippen molar-refractivity contribution in [3.63, 3.8) is 0 Å². The van der Waals surface area contributed by atoms with Gasteiger partial charge in [-0.1, -0.05) is 12.1 Å². The molecule has 28 heavy (non-hydrogen) atoms. The predicted octanol–water partition coefficient (Wildman–Crippen LogP) is -1.25. The van der Waals surface area contributed by atoms with Gasteiger partial charge in [0.05, 0.1) is 23.0 Å². The highest BCUT2D eigenvalue weighted by Crippen LogP contribution is 2.57. The van der Waals surface area contributed by atoms with Gasteiger partial charge in [-0.2, -0.15) is 0 Å². The molecule has 1 aromatic rings. The summed E-state index contributed by atoms with van der Waals surface area (Å²) in [6.45, 7) is 0. The fraction of sp³-hybridized carbons (Fsp3) is 0.438. The first kappa shape index (κ1) is 21.9. The average molecular weight is 435 g/mol. The number of aromatic hydroxyl groups is 1. The van der Waals surface area contributed by atoms with E-state index in [1.807, 2.05) is 0 Å². The maximum atomic E-state index is 12.4. The molecule has 10 nitrogen and oxygen atoms in total. The van der Waals surface area contributed by atoms with Crippen LogP contribution < -0.4 is 11.1 Å². The highest BCUT2D eigenvalue weighted by atomic mass is 35.5. The number of fused-ring (bicyclic) bond motifs is 1. The highest BCUT2D eigenvalue weighted by molar-refractivity contribution is 7.92. The molecule has 1 aromatic carbocycles. The Morgan fingerprint density at radius 1 is 1.21 bits per heavy atom. The van der Waals surface area contributed by atoms with E-state index in [4.69, 9.17) is 10.8 Å². The maximum absolute atomic E-state index is 12.4. The smallest absolute Gasteiger partial charge is 0.330 e. The third kappa shape index (κ3) is 3.52. The summed E-state index contributed by atoms with van der Waals surface area (Å²) in [5.74, 6) is -7.36. The van der Waals surface area contributed by atoms with Gasteiger partial charge in [0.15, 0.2) is 15.4 Å². The number of nitrogens with one attached hydrogen (secondary N) is 1. The van der Waals surface area contributed by atoms with E-state index in [0.29, 0.717) is 5.56 Å². The lowest BCUT2D eigenvalue weighted by Gasteiger charge is -2.29. The van der Waals surface area contributed by atoms with Gasteiger partial charge in [-0.3, -0.25) is 9.59 Å². The number of carbonyl (C=O) groups is 3. The first-order valence-electron chi connectivity index (χ1n) is 8.03. The standard InChI is InChI=1S/C16H18N2O8S.ClH/c17-9(5-7-1-3-8(19)4-2-7)13(20)18-16(15(23)24)6-27(25,26)12-10(11(12)16)14(21)22;/h1-4,9-12,19H,5-6,17H2,(H,18,20)(H,21,22)(H,23,24);1H/t9-,10+,11+,12-,16-;/m0./s1. The van der Waals surface area contributed by atoms with Crippen molar-refractivity contribution < 1.29 is 38.1 Å². The lowest BCUT2D eigenvalue weighted by Crippen LogP contribution is -2.62. The molecule has 1 saturated carbocycles. The Morgan fingerprint density at radius 2 is 1.79 bits per heavy atom. The van der Waals surface area contributed by atoms with Crippen LogP contribution >= 0.6 is 12.4 Å². The Morgan fingerprint density at radius 3 is 2.25 bits per heavy atom. The number of phenolic OH excluding ortho intramolecular Hbond substituents is 1. The van der Waals surface area contributed by atoms with Gasteiger partial charge in [0.1, 0.15) is 5.75 Å². The van der Waals surface area contributed by atoms with Crippen LogP contribution in [0.2, 0.25) is 0 Å². The Labute approximate surface area is 166 Å². The van der Waals surface area contributed by atoms with Crippen LogP contribution in [-0.4, -0.2) is 64.2 Å². The number of amides is 1. The van der Waals surface area contributed by atoms with Gasteiger partial charge in [0.2, 0.25) is 5.91 Å². The molecule has 154 valence electrons. The summed E-state index contributed by atoms with van der Waals surface area (Å²) in [5, 5.41) is 28.9. The fourth-order valence-electron chi connectivity index (χ4n) is 3.79. The van der Waals surface area contributed by atoms with Gasteiger partial charge in [-0.25, -0.2) is 13.2 Å². The molecule has 6 N–H and O–H groups in total. The Bertz CT molecular complexity index is 919. The van der Waals surface area contributed by atoms with Crippen molar-refractivity contribution in [3.05, 3.63) is 29.8 Å². The molecule has 1 amide bonds. The van der Waals surface area contributed by atoms with Crippen LogP contribution in [-0.2, 0) is 30.6 Å². The fourth-order valence-corrected chi connectivity index (χ4v) is 6.49. The van der Waals surface area contributed by atoms with E-state index in [9.17, 15) is 33.0 Å². The SMILES string of the molecule is Cl.N[C@@H](Cc1ccc(O)cc1)C(=O)N[C@@]1(C(=O)O)CS(=O)(=O)[C@H]2[C@H](C(=O)O)[C@H]21. The summed E-state index contributed by atoms with van der Waals surface area (Å²) in [6.07, 6.45) is 0.0189. The first-order chi connectivity index (χ1) is 12.5. The molecule has 0 unspecified atom stereocenters. The van der Waals surface area contributed by atoms with Crippen LogP contribution in [0.3, 0.4) is 0 Å². The monoisotopic (exact) mass is 434 g/mol. The molecule has 0 radical (unpaired) electrons.